The van der Waals surface area contributed by atoms with Gasteiger partial charge in [-0.1, -0.05) is 146 Å². The smallest absolute Gasteiger partial charge is 0.171 e. The fourth-order valence-corrected chi connectivity index (χ4v) is 11.2. The Morgan fingerprint density at radius 1 is 0.407 bits per heavy atom. The summed E-state index contributed by atoms with van der Waals surface area (Å²) in [6, 6.07) is 56.4. The van der Waals surface area contributed by atoms with Gasteiger partial charge in [-0.2, -0.15) is 0 Å². The molecule has 4 nitrogen and oxygen atoms in total. The largest absolute Gasteiger partial charge is 0.458 e. The van der Waals surface area contributed by atoms with Crippen molar-refractivity contribution in [3.05, 3.63) is 181 Å². The van der Waals surface area contributed by atoms with Gasteiger partial charge in [-0.3, -0.25) is 9.98 Å². The third-order valence-corrected chi connectivity index (χ3v) is 15.6. The number of aliphatic imine (C=N–C) groups is 2. The van der Waals surface area contributed by atoms with Crippen molar-refractivity contribution < 1.29 is 9.05 Å². The Morgan fingerprint density at radius 3 is 0.944 bits per heavy atom. The molecule has 0 fully saturated rings. The van der Waals surface area contributed by atoms with Gasteiger partial charge in [0.15, 0.2) is 12.5 Å². The standard InChI is InChI=1S/2C23H24NOPS/c2*1-23(2,3)24-18-19-11-10-12-20(17-19)25-26(27,21-13-6-4-7-14-21)22-15-8-5-9-16-22/h2*4-18H,1-3H3. The summed E-state index contributed by atoms with van der Waals surface area (Å²) in [5.74, 6) is 1.53. The monoisotopic (exact) mass is 786 g/mol. The summed E-state index contributed by atoms with van der Waals surface area (Å²) in [4.78, 5) is 9.17. The molecule has 54 heavy (non-hydrogen) atoms. The summed E-state index contributed by atoms with van der Waals surface area (Å²) < 4.78 is 13.0. The Morgan fingerprint density at radius 2 is 0.685 bits per heavy atom. The van der Waals surface area contributed by atoms with Crippen LogP contribution < -0.4 is 30.3 Å². The van der Waals surface area contributed by atoms with Crippen LogP contribution in [0.3, 0.4) is 0 Å². The fraction of sp³-hybridized carbons (Fsp3) is 0.174. The van der Waals surface area contributed by atoms with Crippen molar-refractivity contribution in [3.8, 4) is 11.5 Å². The molecule has 0 unspecified atom stereocenters. The summed E-state index contributed by atoms with van der Waals surface area (Å²) in [7, 11) is 0. The van der Waals surface area contributed by atoms with Gasteiger partial charge >= 0.3 is 0 Å². The Balaban J connectivity index is 0.000000208. The fourth-order valence-electron chi connectivity index (χ4n) is 5.14. The highest BCUT2D eigenvalue weighted by atomic mass is 32.4. The maximum atomic E-state index is 6.51. The Labute approximate surface area is 332 Å². The van der Waals surface area contributed by atoms with Gasteiger partial charge in [-0.15, -0.1) is 0 Å². The first kappa shape index (κ1) is 40.7. The highest BCUT2D eigenvalue weighted by Crippen LogP contribution is 2.46. The van der Waals surface area contributed by atoms with Gasteiger partial charge in [-0.05, 0) is 101 Å². The molecule has 0 bridgehead atoms. The van der Waals surface area contributed by atoms with Crippen LogP contribution in [-0.2, 0) is 23.6 Å². The number of benzene rings is 6. The minimum absolute atomic E-state index is 0.111. The van der Waals surface area contributed by atoms with Crippen LogP contribution in [0, 0.1) is 0 Å². The number of hydrogen-bond acceptors (Lipinski definition) is 6. The van der Waals surface area contributed by atoms with E-state index in [-0.39, 0.29) is 11.1 Å². The molecule has 6 rings (SSSR count). The summed E-state index contributed by atoms with van der Waals surface area (Å²) in [6.45, 7) is 12.5. The van der Waals surface area contributed by atoms with Crippen molar-refractivity contribution in [2.75, 3.05) is 0 Å². The van der Waals surface area contributed by atoms with Crippen LogP contribution in [0.25, 0.3) is 0 Å². The summed E-state index contributed by atoms with van der Waals surface area (Å²) in [5, 5.41) is 4.17. The highest BCUT2D eigenvalue weighted by molar-refractivity contribution is 8.20. The second-order valence-corrected chi connectivity index (χ2v) is 22.4. The Bertz CT molecular complexity index is 2000. The molecular weight excluding hydrogens is 739 g/mol. The molecule has 0 amide bonds. The lowest BCUT2D eigenvalue weighted by Gasteiger charge is -2.24. The lowest BCUT2D eigenvalue weighted by molar-refractivity contribution is 0.586. The van der Waals surface area contributed by atoms with E-state index in [4.69, 9.17) is 32.7 Å². The lowest BCUT2D eigenvalue weighted by atomic mass is 10.1. The van der Waals surface area contributed by atoms with Crippen LogP contribution in [-0.4, -0.2) is 23.5 Å². The van der Waals surface area contributed by atoms with E-state index in [9.17, 15) is 0 Å². The second kappa shape index (κ2) is 18.3. The Hall–Kier alpha value is -4.44. The van der Waals surface area contributed by atoms with Crippen LogP contribution in [0.1, 0.15) is 52.7 Å². The van der Waals surface area contributed by atoms with Gasteiger partial charge in [-0.25, -0.2) is 0 Å². The van der Waals surface area contributed by atoms with Gasteiger partial charge in [0, 0.05) is 33.6 Å². The molecule has 0 spiro atoms. The maximum Gasteiger partial charge on any atom is 0.171 e. The van der Waals surface area contributed by atoms with Gasteiger partial charge in [0.1, 0.15) is 11.5 Å². The zero-order valence-corrected chi connectivity index (χ0v) is 35.2. The average molecular weight is 787 g/mol. The van der Waals surface area contributed by atoms with Crippen LogP contribution in [0.15, 0.2) is 180 Å². The maximum absolute atomic E-state index is 6.51. The zero-order valence-electron chi connectivity index (χ0n) is 31.7. The molecule has 0 saturated carbocycles. The third-order valence-electron chi connectivity index (χ3n) is 7.77. The van der Waals surface area contributed by atoms with Crippen molar-refractivity contribution in [2.45, 2.75) is 52.6 Å². The molecular formula is C46H48N2O2P2S2. The molecule has 0 aliphatic carbocycles. The summed E-state index contributed by atoms with van der Waals surface area (Å²) >= 11 is 12.3. The first-order valence-corrected chi connectivity index (χ1v) is 23.3. The number of hydrogen-bond donors (Lipinski definition) is 0. The van der Waals surface area contributed by atoms with Gasteiger partial charge in [0.25, 0.3) is 0 Å². The van der Waals surface area contributed by atoms with Crippen molar-refractivity contribution >= 4 is 69.8 Å². The van der Waals surface area contributed by atoms with Gasteiger partial charge < -0.3 is 9.05 Å². The predicted octanol–water partition coefficient (Wildman–Crippen LogP) is 10.7. The minimum atomic E-state index is -2.43. The van der Waals surface area contributed by atoms with E-state index in [0.29, 0.717) is 0 Å². The number of nitrogens with zero attached hydrogens (tertiary/aromatic N) is 2. The van der Waals surface area contributed by atoms with E-state index in [1.807, 2.05) is 134 Å². The molecule has 0 aliphatic rings. The SMILES string of the molecule is CC(C)(C)N=Cc1cccc(OP(=S)(c2ccccc2)c2ccccc2)c1.CC(C)(C)N=Cc1cccc(OP(=S)(c2ccccc2)c2ccccc2)c1. The van der Waals surface area contributed by atoms with E-state index >= 15 is 0 Å². The molecule has 8 heteroatoms. The van der Waals surface area contributed by atoms with Crippen molar-refractivity contribution in [1.82, 2.24) is 0 Å². The molecule has 0 aliphatic heterocycles. The van der Waals surface area contributed by atoms with Crippen molar-refractivity contribution in [3.63, 3.8) is 0 Å². The molecule has 6 aromatic rings. The summed E-state index contributed by atoms with van der Waals surface area (Å²) in [5.41, 5.74) is 1.79. The second-order valence-electron chi connectivity index (χ2n) is 14.6. The van der Waals surface area contributed by atoms with Crippen molar-refractivity contribution in [1.29, 1.82) is 0 Å². The van der Waals surface area contributed by atoms with E-state index < -0.39 is 12.5 Å². The molecule has 0 aromatic heterocycles. The topological polar surface area (TPSA) is 43.2 Å². The molecule has 0 atom stereocenters. The molecule has 0 saturated heterocycles. The molecule has 0 heterocycles. The molecule has 276 valence electrons. The zero-order chi connectivity index (χ0) is 38.7. The third kappa shape index (κ3) is 11.8. The molecule has 6 aromatic carbocycles. The van der Waals surface area contributed by atoms with E-state index in [1.54, 1.807) is 0 Å². The molecule has 0 radical (unpaired) electrons. The van der Waals surface area contributed by atoms with E-state index in [0.717, 1.165) is 43.8 Å². The van der Waals surface area contributed by atoms with E-state index in [2.05, 4.69) is 100 Å². The van der Waals surface area contributed by atoms with Crippen molar-refractivity contribution in [2.24, 2.45) is 9.98 Å². The minimum Gasteiger partial charge on any atom is -0.458 e. The van der Waals surface area contributed by atoms with Crippen LogP contribution in [0.5, 0.6) is 11.5 Å². The predicted molar refractivity (Wildman–Crippen MR) is 242 cm³/mol. The van der Waals surface area contributed by atoms with Crippen LogP contribution in [0.4, 0.5) is 0 Å². The van der Waals surface area contributed by atoms with Crippen LogP contribution in [0.2, 0.25) is 0 Å². The molecule has 0 N–H and O–H groups in total. The average Bonchev–Trinajstić information content (AvgIpc) is 3.18. The first-order valence-electron chi connectivity index (χ1n) is 17.9. The first-order chi connectivity index (χ1) is 25.7. The lowest BCUT2D eigenvalue weighted by Crippen LogP contribution is -2.19. The number of rotatable bonds is 10. The normalized spacial score (nSPS) is 12.3. The van der Waals surface area contributed by atoms with E-state index in [1.165, 1.54) is 0 Å². The van der Waals surface area contributed by atoms with Crippen LogP contribution >= 0.6 is 12.5 Å². The van der Waals surface area contributed by atoms with Gasteiger partial charge in [0.2, 0.25) is 0 Å². The Kier molecular flexibility index (Phi) is 13.8. The highest BCUT2D eigenvalue weighted by Gasteiger charge is 2.26. The van der Waals surface area contributed by atoms with Gasteiger partial charge in [0.05, 0.1) is 11.1 Å². The summed E-state index contributed by atoms with van der Waals surface area (Å²) in [6.07, 6.45) is -1.08. The quantitative estimate of drug-likeness (QED) is 0.102.